The Hall–Kier alpha value is -1.27. The summed E-state index contributed by atoms with van der Waals surface area (Å²) in [7, 11) is 0. The molecule has 2 atom stereocenters. The summed E-state index contributed by atoms with van der Waals surface area (Å²) in [5, 5.41) is 9.43. The van der Waals surface area contributed by atoms with Gasteiger partial charge in [0.25, 0.3) is 0 Å². The van der Waals surface area contributed by atoms with Crippen molar-refractivity contribution in [1.29, 1.82) is 0 Å². The van der Waals surface area contributed by atoms with E-state index in [9.17, 15) is 14.7 Å². The van der Waals surface area contributed by atoms with Gasteiger partial charge >= 0.3 is 12.1 Å². The third-order valence-corrected chi connectivity index (χ3v) is 4.90. The molecule has 1 aliphatic rings. The van der Waals surface area contributed by atoms with Crippen LogP contribution >= 0.6 is 22.9 Å². The van der Waals surface area contributed by atoms with E-state index in [1.165, 1.54) is 11.3 Å². The van der Waals surface area contributed by atoms with Crippen molar-refractivity contribution < 1.29 is 19.4 Å². The molecule has 1 saturated heterocycles. The van der Waals surface area contributed by atoms with Crippen molar-refractivity contribution in [2.45, 2.75) is 38.7 Å². The van der Waals surface area contributed by atoms with Gasteiger partial charge in [0.05, 0.1) is 10.3 Å². The summed E-state index contributed by atoms with van der Waals surface area (Å²) >= 11 is 7.32. The Bertz CT molecular complexity index is 566. The molecule has 1 aliphatic heterocycles. The summed E-state index contributed by atoms with van der Waals surface area (Å²) in [6.45, 7) is 6.16. The van der Waals surface area contributed by atoms with Crippen molar-refractivity contribution in [2.75, 3.05) is 13.1 Å². The molecule has 1 amide bonds. The van der Waals surface area contributed by atoms with E-state index in [-0.39, 0.29) is 5.92 Å². The van der Waals surface area contributed by atoms with Crippen molar-refractivity contribution in [2.24, 2.45) is 5.92 Å². The molecule has 0 radical (unpaired) electrons. The van der Waals surface area contributed by atoms with Crippen LogP contribution in [0.3, 0.4) is 0 Å². The molecule has 7 heteroatoms. The number of nitrogens with zero attached hydrogens (tertiary/aromatic N) is 1. The first-order valence-corrected chi connectivity index (χ1v) is 8.33. The fourth-order valence-electron chi connectivity index (χ4n) is 2.56. The number of piperidine rings is 1. The number of halogens is 1. The zero-order valence-electron chi connectivity index (χ0n) is 12.8. The Morgan fingerprint density at radius 1 is 1.41 bits per heavy atom. The van der Waals surface area contributed by atoms with Crippen LogP contribution in [0.4, 0.5) is 4.79 Å². The third kappa shape index (κ3) is 4.14. The maximum absolute atomic E-state index is 12.2. The van der Waals surface area contributed by atoms with Gasteiger partial charge < -0.3 is 14.7 Å². The summed E-state index contributed by atoms with van der Waals surface area (Å²) in [4.78, 5) is 26.2. The van der Waals surface area contributed by atoms with Crippen LogP contribution in [0.1, 0.15) is 38.0 Å². The van der Waals surface area contributed by atoms with E-state index in [1.54, 1.807) is 11.0 Å². The molecule has 22 heavy (non-hydrogen) atoms. The Morgan fingerprint density at radius 2 is 2.09 bits per heavy atom. The van der Waals surface area contributed by atoms with E-state index >= 15 is 0 Å². The van der Waals surface area contributed by atoms with Gasteiger partial charge in [-0.3, -0.25) is 4.79 Å². The number of ether oxygens (including phenoxy) is 1. The molecule has 0 bridgehead atoms. The Kier molecular flexibility index (Phi) is 5.02. The predicted octanol–water partition coefficient (Wildman–Crippen LogP) is 3.83. The number of carboxylic acids is 1. The molecule has 0 saturated carbocycles. The topological polar surface area (TPSA) is 66.8 Å². The highest BCUT2D eigenvalue weighted by Crippen LogP contribution is 2.38. The summed E-state index contributed by atoms with van der Waals surface area (Å²) in [6, 6.07) is 3.60. The number of rotatable bonds is 2. The molecular weight excluding hydrogens is 326 g/mol. The number of carbonyl (C=O) groups excluding carboxylic acids is 1. The van der Waals surface area contributed by atoms with Crippen LogP contribution in [0.25, 0.3) is 0 Å². The number of hydrogen-bond donors (Lipinski definition) is 1. The number of thiophene rings is 1. The first-order valence-electron chi connectivity index (χ1n) is 7.13. The largest absolute Gasteiger partial charge is 0.481 e. The minimum Gasteiger partial charge on any atom is -0.481 e. The SMILES string of the molecule is CC(C)(C)OC(=O)N1CC[C@H](C(=O)O)[C@@H](c2ccc(Cl)s2)C1. The van der Waals surface area contributed by atoms with Crippen LogP contribution in [0.15, 0.2) is 12.1 Å². The third-order valence-electron chi connectivity index (χ3n) is 3.54. The van der Waals surface area contributed by atoms with Gasteiger partial charge in [-0.05, 0) is 39.3 Å². The lowest BCUT2D eigenvalue weighted by molar-refractivity contribution is -0.144. The first kappa shape index (κ1) is 17.1. The quantitative estimate of drug-likeness (QED) is 0.884. The van der Waals surface area contributed by atoms with Gasteiger partial charge in [0.1, 0.15) is 5.60 Å². The summed E-state index contributed by atoms with van der Waals surface area (Å²) in [6.07, 6.45) is 0.0124. The van der Waals surface area contributed by atoms with Crippen LogP contribution in [0.5, 0.6) is 0 Å². The van der Waals surface area contributed by atoms with Crippen molar-refractivity contribution in [3.8, 4) is 0 Å². The van der Waals surface area contributed by atoms with Crippen molar-refractivity contribution in [3.63, 3.8) is 0 Å². The molecule has 1 aromatic heterocycles. The molecule has 1 aromatic rings. The van der Waals surface area contributed by atoms with E-state index in [0.29, 0.717) is 23.8 Å². The molecule has 122 valence electrons. The van der Waals surface area contributed by atoms with Crippen molar-refractivity contribution >= 4 is 35.0 Å². The molecule has 1 fully saturated rings. The van der Waals surface area contributed by atoms with E-state index in [2.05, 4.69) is 0 Å². The number of carbonyl (C=O) groups is 2. The average molecular weight is 346 g/mol. The Labute approximate surface area is 138 Å². The highest BCUT2D eigenvalue weighted by molar-refractivity contribution is 7.16. The van der Waals surface area contributed by atoms with E-state index in [0.717, 1.165) is 4.88 Å². The van der Waals surface area contributed by atoms with Gasteiger partial charge in [-0.2, -0.15) is 0 Å². The molecule has 1 N–H and O–H groups in total. The highest BCUT2D eigenvalue weighted by Gasteiger charge is 2.38. The van der Waals surface area contributed by atoms with Gasteiger partial charge in [-0.15, -0.1) is 11.3 Å². The zero-order valence-corrected chi connectivity index (χ0v) is 14.4. The van der Waals surface area contributed by atoms with Gasteiger partial charge in [-0.1, -0.05) is 11.6 Å². The Morgan fingerprint density at radius 3 is 2.59 bits per heavy atom. The molecule has 2 heterocycles. The maximum atomic E-state index is 12.2. The van der Waals surface area contributed by atoms with Gasteiger partial charge in [-0.25, -0.2) is 4.79 Å². The zero-order chi connectivity index (χ0) is 16.5. The fourth-order valence-corrected chi connectivity index (χ4v) is 3.77. The number of carboxylic acid groups (broad SMARTS) is 1. The van der Waals surface area contributed by atoms with Gasteiger partial charge in [0, 0.05) is 23.9 Å². The molecule has 0 aromatic carbocycles. The molecule has 2 rings (SSSR count). The number of likely N-dealkylation sites (tertiary alicyclic amines) is 1. The second-order valence-electron chi connectivity index (χ2n) is 6.41. The fraction of sp³-hybridized carbons (Fsp3) is 0.600. The number of hydrogen-bond acceptors (Lipinski definition) is 4. The molecule has 0 spiro atoms. The van der Waals surface area contributed by atoms with Gasteiger partial charge in [0.2, 0.25) is 0 Å². The van der Waals surface area contributed by atoms with Crippen LogP contribution < -0.4 is 0 Å². The minimum absolute atomic E-state index is 0.253. The molecular formula is C15H20ClNO4S. The van der Waals surface area contributed by atoms with E-state index in [4.69, 9.17) is 16.3 Å². The summed E-state index contributed by atoms with van der Waals surface area (Å²) in [5.41, 5.74) is -0.567. The lowest BCUT2D eigenvalue weighted by Gasteiger charge is -2.37. The molecule has 0 aliphatic carbocycles. The monoisotopic (exact) mass is 345 g/mol. The van der Waals surface area contributed by atoms with Crippen LogP contribution in [-0.2, 0) is 9.53 Å². The highest BCUT2D eigenvalue weighted by atomic mass is 35.5. The first-order chi connectivity index (χ1) is 10.2. The second kappa shape index (κ2) is 6.46. The lowest BCUT2D eigenvalue weighted by Crippen LogP contribution is -2.46. The normalized spacial score (nSPS) is 22.5. The van der Waals surface area contributed by atoms with Crippen LogP contribution in [0, 0.1) is 5.92 Å². The summed E-state index contributed by atoms with van der Waals surface area (Å²) < 4.78 is 6.00. The maximum Gasteiger partial charge on any atom is 0.410 e. The standard InChI is InChI=1S/C15H20ClNO4S/c1-15(2,3)21-14(20)17-7-6-9(13(18)19)10(8-17)11-4-5-12(16)22-11/h4-5,9-10H,6-8H2,1-3H3,(H,18,19)/t9-,10-/m0/s1. The summed E-state index contributed by atoms with van der Waals surface area (Å²) in [5.74, 6) is -1.59. The Balaban J connectivity index is 2.16. The lowest BCUT2D eigenvalue weighted by atomic mass is 9.84. The average Bonchev–Trinajstić information content (AvgIpc) is 2.82. The smallest absolute Gasteiger partial charge is 0.410 e. The predicted molar refractivity (Wildman–Crippen MR) is 85.6 cm³/mol. The van der Waals surface area contributed by atoms with E-state index < -0.39 is 23.6 Å². The van der Waals surface area contributed by atoms with Crippen LogP contribution in [-0.4, -0.2) is 40.8 Å². The second-order valence-corrected chi connectivity index (χ2v) is 8.15. The number of aliphatic carboxylic acids is 1. The minimum atomic E-state index is -0.835. The van der Waals surface area contributed by atoms with E-state index in [1.807, 2.05) is 26.8 Å². The van der Waals surface area contributed by atoms with Crippen molar-refractivity contribution in [1.82, 2.24) is 4.90 Å². The molecule has 5 nitrogen and oxygen atoms in total. The van der Waals surface area contributed by atoms with Crippen LogP contribution in [0.2, 0.25) is 4.34 Å². The van der Waals surface area contributed by atoms with Crippen molar-refractivity contribution in [3.05, 3.63) is 21.3 Å². The van der Waals surface area contributed by atoms with Gasteiger partial charge in [0.15, 0.2) is 0 Å². The number of amides is 1. The molecule has 0 unspecified atom stereocenters.